The van der Waals surface area contributed by atoms with Crippen molar-refractivity contribution in [3.05, 3.63) is 18.3 Å². The van der Waals surface area contributed by atoms with E-state index < -0.39 is 0 Å². The highest BCUT2D eigenvalue weighted by atomic mass is 16.5. The van der Waals surface area contributed by atoms with Gasteiger partial charge in [0, 0.05) is 25.2 Å². The first kappa shape index (κ1) is 17.1. The molecule has 1 fully saturated rings. The van der Waals surface area contributed by atoms with Gasteiger partial charge in [-0.2, -0.15) is 0 Å². The number of amides is 3. The lowest BCUT2D eigenvalue weighted by atomic mass is 9.97. The molecule has 2 heterocycles. The number of hydrogen-bond acceptors (Lipinski definition) is 4. The van der Waals surface area contributed by atoms with Gasteiger partial charge in [0.1, 0.15) is 0 Å². The number of methoxy groups -OCH3 is 1. The van der Waals surface area contributed by atoms with Gasteiger partial charge in [-0.25, -0.2) is 9.78 Å². The number of anilines is 1. The SMILES string of the molecule is COc1ccc(NC(=O)C2CCCN(C(=O)NC(C)C)C2)cn1. The predicted molar refractivity (Wildman–Crippen MR) is 87.4 cm³/mol. The van der Waals surface area contributed by atoms with E-state index in [1.165, 1.54) is 0 Å². The fraction of sp³-hybridized carbons (Fsp3) is 0.562. The van der Waals surface area contributed by atoms with Crippen LogP contribution in [0.4, 0.5) is 10.5 Å². The normalized spacial score (nSPS) is 17.7. The fourth-order valence-corrected chi connectivity index (χ4v) is 2.53. The smallest absolute Gasteiger partial charge is 0.317 e. The van der Waals surface area contributed by atoms with Gasteiger partial charge in [-0.3, -0.25) is 4.79 Å². The zero-order valence-corrected chi connectivity index (χ0v) is 13.8. The molecule has 0 radical (unpaired) electrons. The molecule has 23 heavy (non-hydrogen) atoms. The van der Waals surface area contributed by atoms with Gasteiger partial charge in [-0.1, -0.05) is 0 Å². The molecule has 126 valence electrons. The van der Waals surface area contributed by atoms with Crippen molar-refractivity contribution in [2.24, 2.45) is 5.92 Å². The highest BCUT2D eigenvalue weighted by Crippen LogP contribution is 2.19. The highest BCUT2D eigenvalue weighted by Gasteiger charge is 2.28. The van der Waals surface area contributed by atoms with Crippen LogP contribution in [0.3, 0.4) is 0 Å². The number of hydrogen-bond donors (Lipinski definition) is 2. The van der Waals surface area contributed by atoms with E-state index in [2.05, 4.69) is 15.6 Å². The Hall–Kier alpha value is -2.31. The minimum atomic E-state index is -0.205. The van der Waals surface area contributed by atoms with Crippen molar-refractivity contribution >= 4 is 17.6 Å². The van der Waals surface area contributed by atoms with Crippen molar-refractivity contribution in [3.63, 3.8) is 0 Å². The Morgan fingerprint density at radius 1 is 1.39 bits per heavy atom. The van der Waals surface area contributed by atoms with Crippen LogP contribution in [0, 0.1) is 5.92 Å². The predicted octanol–water partition coefficient (Wildman–Crippen LogP) is 1.86. The van der Waals surface area contributed by atoms with Crippen molar-refractivity contribution in [3.8, 4) is 5.88 Å². The van der Waals surface area contributed by atoms with Crippen LogP contribution in [0.25, 0.3) is 0 Å². The first-order valence-corrected chi connectivity index (χ1v) is 7.86. The molecule has 1 aliphatic rings. The Morgan fingerprint density at radius 3 is 2.78 bits per heavy atom. The topological polar surface area (TPSA) is 83.6 Å². The van der Waals surface area contributed by atoms with Crippen LogP contribution < -0.4 is 15.4 Å². The molecule has 1 unspecified atom stereocenters. The van der Waals surface area contributed by atoms with E-state index in [1.54, 1.807) is 30.3 Å². The summed E-state index contributed by atoms with van der Waals surface area (Å²) in [5, 5.41) is 5.71. The molecule has 1 aliphatic heterocycles. The van der Waals surface area contributed by atoms with Gasteiger partial charge in [-0.15, -0.1) is 0 Å². The molecule has 7 nitrogen and oxygen atoms in total. The number of carbonyl (C=O) groups excluding carboxylic acids is 2. The van der Waals surface area contributed by atoms with E-state index >= 15 is 0 Å². The molecular formula is C16H24N4O3. The summed E-state index contributed by atoms with van der Waals surface area (Å²) < 4.78 is 4.99. The highest BCUT2D eigenvalue weighted by molar-refractivity contribution is 5.93. The fourth-order valence-electron chi connectivity index (χ4n) is 2.53. The third kappa shape index (κ3) is 4.84. The van der Waals surface area contributed by atoms with Gasteiger partial charge in [0.15, 0.2) is 0 Å². The average molecular weight is 320 g/mol. The summed E-state index contributed by atoms with van der Waals surface area (Å²) >= 11 is 0. The molecule has 0 spiro atoms. The summed E-state index contributed by atoms with van der Waals surface area (Å²) in [6.45, 7) is 4.96. The molecule has 7 heteroatoms. The largest absolute Gasteiger partial charge is 0.481 e. The van der Waals surface area contributed by atoms with E-state index in [0.29, 0.717) is 24.7 Å². The molecule has 3 amide bonds. The summed E-state index contributed by atoms with van der Waals surface area (Å²) in [4.78, 5) is 30.2. The lowest BCUT2D eigenvalue weighted by Crippen LogP contribution is -2.49. The van der Waals surface area contributed by atoms with Crippen LogP contribution in [-0.4, -0.2) is 48.1 Å². The summed E-state index contributed by atoms with van der Waals surface area (Å²) in [5.41, 5.74) is 0.625. The molecule has 0 aromatic carbocycles. The third-order valence-corrected chi connectivity index (χ3v) is 3.70. The van der Waals surface area contributed by atoms with E-state index in [4.69, 9.17) is 4.74 Å². The number of nitrogens with zero attached hydrogens (tertiary/aromatic N) is 2. The van der Waals surface area contributed by atoms with Gasteiger partial charge >= 0.3 is 6.03 Å². The van der Waals surface area contributed by atoms with Crippen molar-refractivity contribution in [1.82, 2.24) is 15.2 Å². The molecule has 0 bridgehead atoms. The summed E-state index contributed by atoms with van der Waals surface area (Å²) in [6, 6.07) is 3.42. The second-order valence-electron chi connectivity index (χ2n) is 5.97. The first-order chi connectivity index (χ1) is 11.0. The van der Waals surface area contributed by atoms with E-state index in [0.717, 1.165) is 12.8 Å². The van der Waals surface area contributed by atoms with Gasteiger partial charge in [-0.05, 0) is 32.8 Å². The monoisotopic (exact) mass is 320 g/mol. The first-order valence-electron chi connectivity index (χ1n) is 7.86. The second kappa shape index (κ2) is 7.80. The number of rotatable bonds is 4. The minimum absolute atomic E-state index is 0.0842. The molecular weight excluding hydrogens is 296 g/mol. The van der Waals surface area contributed by atoms with Gasteiger partial charge < -0.3 is 20.3 Å². The average Bonchev–Trinajstić information content (AvgIpc) is 2.55. The molecule has 2 N–H and O–H groups in total. The van der Waals surface area contributed by atoms with E-state index in [9.17, 15) is 9.59 Å². The van der Waals surface area contributed by atoms with Gasteiger partial charge in [0.25, 0.3) is 0 Å². The summed E-state index contributed by atoms with van der Waals surface area (Å²) in [5.74, 6) is 0.208. The van der Waals surface area contributed by atoms with Crippen LogP contribution in [0.2, 0.25) is 0 Å². The molecule has 1 atom stereocenters. The number of carbonyl (C=O) groups is 2. The van der Waals surface area contributed by atoms with Crippen LogP contribution in [0.1, 0.15) is 26.7 Å². The van der Waals surface area contributed by atoms with Crippen molar-refractivity contribution in [2.45, 2.75) is 32.7 Å². The molecule has 1 aromatic heterocycles. The lowest BCUT2D eigenvalue weighted by Gasteiger charge is -2.32. The number of piperidine rings is 1. The Kier molecular flexibility index (Phi) is 5.78. The number of ether oxygens (including phenoxy) is 1. The third-order valence-electron chi connectivity index (χ3n) is 3.70. The quantitative estimate of drug-likeness (QED) is 0.887. The van der Waals surface area contributed by atoms with Gasteiger partial charge in [0.2, 0.25) is 11.8 Å². The number of aromatic nitrogens is 1. The minimum Gasteiger partial charge on any atom is -0.481 e. The van der Waals surface area contributed by atoms with Crippen LogP contribution in [0.15, 0.2) is 18.3 Å². The van der Waals surface area contributed by atoms with Crippen molar-refractivity contribution in [1.29, 1.82) is 0 Å². The molecule has 2 rings (SSSR count). The Bertz CT molecular complexity index is 545. The second-order valence-corrected chi connectivity index (χ2v) is 5.97. The summed E-state index contributed by atoms with van der Waals surface area (Å²) in [7, 11) is 1.54. The van der Waals surface area contributed by atoms with E-state index in [1.807, 2.05) is 13.8 Å². The zero-order chi connectivity index (χ0) is 16.8. The van der Waals surface area contributed by atoms with Crippen LogP contribution in [0.5, 0.6) is 5.88 Å². The number of pyridine rings is 1. The van der Waals surface area contributed by atoms with Crippen molar-refractivity contribution in [2.75, 3.05) is 25.5 Å². The van der Waals surface area contributed by atoms with Gasteiger partial charge in [0.05, 0.1) is 24.9 Å². The maximum absolute atomic E-state index is 12.4. The molecule has 0 saturated carbocycles. The maximum Gasteiger partial charge on any atom is 0.317 e. The number of likely N-dealkylation sites (tertiary alicyclic amines) is 1. The number of urea groups is 1. The standard InChI is InChI=1S/C16H24N4O3/c1-11(2)18-16(22)20-8-4-5-12(10-20)15(21)19-13-6-7-14(23-3)17-9-13/h6-7,9,11-12H,4-5,8,10H2,1-3H3,(H,18,22)(H,19,21). The molecule has 0 aliphatic carbocycles. The van der Waals surface area contributed by atoms with E-state index in [-0.39, 0.29) is 23.9 Å². The van der Waals surface area contributed by atoms with Crippen LogP contribution >= 0.6 is 0 Å². The molecule has 1 saturated heterocycles. The Labute approximate surface area is 136 Å². The Morgan fingerprint density at radius 2 is 2.17 bits per heavy atom. The lowest BCUT2D eigenvalue weighted by molar-refractivity contribution is -0.121. The summed E-state index contributed by atoms with van der Waals surface area (Å²) in [6.07, 6.45) is 3.16. The zero-order valence-electron chi connectivity index (χ0n) is 13.8. The van der Waals surface area contributed by atoms with Crippen molar-refractivity contribution < 1.29 is 14.3 Å². The molecule has 1 aromatic rings. The number of nitrogens with one attached hydrogen (secondary N) is 2. The maximum atomic E-state index is 12.4. The van der Waals surface area contributed by atoms with Crippen LogP contribution in [-0.2, 0) is 4.79 Å². The Balaban J connectivity index is 1.92.